The lowest BCUT2D eigenvalue weighted by Gasteiger charge is -2.24. The van der Waals surface area contributed by atoms with E-state index in [1.165, 1.54) is 10.5 Å². The van der Waals surface area contributed by atoms with E-state index in [-0.39, 0.29) is 11.9 Å². The average molecular weight is 402 g/mol. The van der Waals surface area contributed by atoms with Gasteiger partial charge in [-0.25, -0.2) is 0 Å². The zero-order chi connectivity index (χ0) is 19.5. The van der Waals surface area contributed by atoms with Gasteiger partial charge in [-0.1, -0.05) is 23.7 Å². The van der Waals surface area contributed by atoms with Crippen LogP contribution in [0.25, 0.3) is 0 Å². The van der Waals surface area contributed by atoms with Gasteiger partial charge in [0.25, 0.3) is 5.91 Å². The molecule has 2 heterocycles. The minimum Gasteiger partial charge on any atom is -0.486 e. The molecular formula is C22H26ClN2O3+. The summed E-state index contributed by atoms with van der Waals surface area (Å²) in [5.41, 5.74) is 2.27. The SMILES string of the molecule is C[C@@H](NC(=O)C[NH+]1CCC[C@@H]1c1ccc2c(c1)OCCO2)c1ccc(Cl)cc1. The zero-order valence-corrected chi connectivity index (χ0v) is 16.8. The smallest absolute Gasteiger partial charge is 0.275 e. The Bertz CT molecular complexity index is 840. The Morgan fingerprint density at radius 1 is 1.18 bits per heavy atom. The standard InChI is InChI=1S/C22H25ClN2O3/c1-15(16-4-7-18(23)8-5-16)24-22(26)14-25-10-2-3-19(25)17-6-9-20-21(13-17)28-12-11-27-20/h4-9,13,15,19H,2-3,10-12,14H2,1H3,(H,24,26)/p+1/t15-,19-/m1/s1. The number of benzene rings is 2. The summed E-state index contributed by atoms with van der Waals surface area (Å²) in [5, 5.41) is 3.82. The van der Waals surface area contributed by atoms with Crippen LogP contribution in [0.3, 0.4) is 0 Å². The van der Waals surface area contributed by atoms with Crippen molar-refractivity contribution in [1.82, 2.24) is 5.32 Å². The number of carbonyl (C=O) groups is 1. The molecule has 1 unspecified atom stereocenters. The van der Waals surface area contributed by atoms with E-state index in [4.69, 9.17) is 21.1 Å². The molecule has 148 valence electrons. The maximum Gasteiger partial charge on any atom is 0.275 e. The number of quaternary nitrogens is 1. The molecule has 1 saturated heterocycles. The molecule has 0 bridgehead atoms. The first-order valence-electron chi connectivity index (χ1n) is 9.89. The highest BCUT2D eigenvalue weighted by Gasteiger charge is 2.32. The summed E-state index contributed by atoms with van der Waals surface area (Å²) >= 11 is 5.95. The lowest BCUT2D eigenvalue weighted by molar-refractivity contribution is -0.910. The topological polar surface area (TPSA) is 52.0 Å². The number of amides is 1. The summed E-state index contributed by atoms with van der Waals surface area (Å²) in [6, 6.07) is 14.1. The molecule has 2 aromatic carbocycles. The van der Waals surface area contributed by atoms with Gasteiger partial charge in [-0.3, -0.25) is 4.79 Å². The van der Waals surface area contributed by atoms with E-state index in [1.807, 2.05) is 37.3 Å². The molecule has 5 nitrogen and oxygen atoms in total. The minimum absolute atomic E-state index is 0.0421. The van der Waals surface area contributed by atoms with E-state index in [0.29, 0.717) is 30.8 Å². The monoisotopic (exact) mass is 401 g/mol. The van der Waals surface area contributed by atoms with Gasteiger partial charge in [0.2, 0.25) is 0 Å². The summed E-state index contributed by atoms with van der Waals surface area (Å²) in [6.45, 7) is 4.65. The second kappa shape index (κ2) is 8.41. The molecule has 28 heavy (non-hydrogen) atoms. The van der Waals surface area contributed by atoms with Crippen molar-refractivity contribution in [2.45, 2.75) is 31.8 Å². The van der Waals surface area contributed by atoms with Crippen molar-refractivity contribution in [1.29, 1.82) is 0 Å². The molecule has 0 radical (unpaired) electrons. The van der Waals surface area contributed by atoms with Crippen LogP contribution in [0.1, 0.15) is 43.0 Å². The molecule has 0 spiro atoms. The van der Waals surface area contributed by atoms with E-state index in [0.717, 1.165) is 36.4 Å². The Balaban J connectivity index is 1.39. The van der Waals surface area contributed by atoms with Crippen LogP contribution in [0, 0.1) is 0 Å². The van der Waals surface area contributed by atoms with Crippen LogP contribution in [0.15, 0.2) is 42.5 Å². The highest BCUT2D eigenvalue weighted by Crippen LogP contribution is 2.33. The first-order valence-corrected chi connectivity index (χ1v) is 10.3. The first kappa shape index (κ1) is 19.1. The number of halogens is 1. The summed E-state index contributed by atoms with van der Waals surface area (Å²) in [5.74, 6) is 1.70. The zero-order valence-electron chi connectivity index (χ0n) is 16.0. The van der Waals surface area contributed by atoms with Crippen LogP contribution in [-0.2, 0) is 4.79 Å². The number of fused-ring (bicyclic) bond motifs is 1. The number of ether oxygens (including phenoxy) is 2. The van der Waals surface area contributed by atoms with Crippen molar-refractivity contribution < 1.29 is 19.2 Å². The highest BCUT2D eigenvalue weighted by molar-refractivity contribution is 6.30. The number of hydrogen-bond donors (Lipinski definition) is 2. The Morgan fingerprint density at radius 3 is 2.71 bits per heavy atom. The Hall–Kier alpha value is -2.24. The van der Waals surface area contributed by atoms with Crippen molar-refractivity contribution in [2.24, 2.45) is 0 Å². The van der Waals surface area contributed by atoms with Gasteiger partial charge in [0, 0.05) is 23.4 Å². The molecule has 0 aromatic heterocycles. The predicted molar refractivity (Wildman–Crippen MR) is 108 cm³/mol. The van der Waals surface area contributed by atoms with E-state index in [1.54, 1.807) is 0 Å². The molecule has 1 fully saturated rings. The number of likely N-dealkylation sites (tertiary alicyclic amines) is 1. The Kier molecular flexibility index (Phi) is 5.74. The minimum atomic E-state index is -0.0421. The van der Waals surface area contributed by atoms with Crippen LogP contribution in [0.4, 0.5) is 0 Å². The van der Waals surface area contributed by atoms with Crippen molar-refractivity contribution in [3.63, 3.8) is 0 Å². The van der Waals surface area contributed by atoms with Crippen LogP contribution in [0.2, 0.25) is 5.02 Å². The van der Waals surface area contributed by atoms with Crippen molar-refractivity contribution >= 4 is 17.5 Å². The fourth-order valence-corrected chi connectivity index (χ4v) is 4.26. The van der Waals surface area contributed by atoms with Crippen LogP contribution in [-0.4, -0.2) is 32.2 Å². The van der Waals surface area contributed by atoms with Gasteiger partial charge in [0.1, 0.15) is 19.3 Å². The third kappa shape index (κ3) is 4.26. The van der Waals surface area contributed by atoms with E-state index in [2.05, 4.69) is 17.4 Å². The van der Waals surface area contributed by atoms with Crippen LogP contribution < -0.4 is 19.7 Å². The first-order chi connectivity index (χ1) is 13.6. The largest absolute Gasteiger partial charge is 0.486 e. The second-order valence-electron chi connectivity index (χ2n) is 7.52. The highest BCUT2D eigenvalue weighted by atomic mass is 35.5. The number of hydrogen-bond acceptors (Lipinski definition) is 3. The third-order valence-corrected chi connectivity index (χ3v) is 5.84. The van der Waals surface area contributed by atoms with Gasteiger partial charge in [-0.05, 0) is 42.8 Å². The van der Waals surface area contributed by atoms with Crippen LogP contribution >= 0.6 is 11.6 Å². The third-order valence-electron chi connectivity index (χ3n) is 5.59. The van der Waals surface area contributed by atoms with Gasteiger partial charge in [-0.15, -0.1) is 0 Å². The maximum absolute atomic E-state index is 12.7. The van der Waals surface area contributed by atoms with Gasteiger partial charge in [0.15, 0.2) is 18.0 Å². The molecular weight excluding hydrogens is 376 g/mol. The number of nitrogens with one attached hydrogen (secondary N) is 2. The summed E-state index contributed by atoms with van der Waals surface area (Å²) in [7, 11) is 0. The fraction of sp³-hybridized carbons (Fsp3) is 0.409. The molecule has 6 heteroatoms. The molecule has 2 aliphatic rings. The predicted octanol–water partition coefficient (Wildman–Crippen LogP) is 2.71. The lowest BCUT2D eigenvalue weighted by Crippen LogP contribution is -3.11. The van der Waals surface area contributed by atoms with Crippen molar-refractivity contribution in [2.75, 3.05) is 26.3 Å². The number of rotatable bonds is 5. The summed E-state index contributed by atoms with van der Waals surface area (Å²) in [6.07, 6.45) is 2.20. The Morgan fingerprint density at radius 2 is 1.93 bits per heavy atom. The van der Waals surface area contributed by atoms with Gasteiger partial charge < -0.3 is 19.7 Å². The van der Waals surface area contributed by atoms with E-state index < -0.39 is 0 Å². The van der Waals surface area contributed by atoms with E-state index >= 15 is 0 Å². The molecule has 0 aliphatic carbocycles. The molecule has 2 N–H and O–H groups in total. The second-order valence-corrected chi connectivity index (χ2v) is 7.96. The summed E-state index contributed by atoms with van der Waals surface area (Å²) in [4.78, 5) is 14.0. The van der Waals surface area contributed by atoms with Crippen molar-refractivity contribution in [3.8, 4) is 11.5 Å². The molecule has 0 saturated carbocycles. The molecule has 4 rings (SSSR count). The molecule has 1 amide bonds. The van der Waals surface area contributed by atoms with E-state index in [9.17, 15) is 4.79 Å². The normalized spacial score (nSPS) is 21.9. The van der Waals surface area contributed by atoms with Gasteiger partial charge >= 0.3 is 0 Å². The average Bonchev–Trinajstić information content (AvgIpc) is 3.16. The van der Waals surface area contributed by atoms with Gasteiger partial charge in [0.05, 0.1) is 12.6 Å². The maximum atomic E-state index is 12.7. The fourth-order valence-electron chi connectivity index (χ4n) is 4.14. The Labute approximate surface area is 170 Å². The van der Waals surface area contributed by atoms with Gasteiger partial charge in [-0.2, -0.15) is 0 Å². The molecule has 3 atom stereocenters. The van der Waals surface area contributed by atoms with Crippen molar-refractivity contribution in [3.05, 3.63) is 58.6 Å². The van der Waals surface area contributed by atoms with Crippen LogP contribution in [0.5, 0.6) is 11.5 Å². The molecule has 2 aliphatic heterocycles. The quantitative estimate of drug-likeness (QED) is 0.810. The lowest BCUT2D eigenvalue weighted by atomic mass is 10.0. The molecule has 2 aromatic rings. The summed E-state index contributed by atoms with van der Waals surface area (Å²) < 4.78 is 11.3. The number of carbonyl (C=O) groups excluding carboxylic acids is 1.